The molecule has 0 atom stereocenters. The van der Waals surface area contributed by atoms with Gasteiger partial charge in [-0.1, -0.05) is 48.0 Å². The summed E-state index contributed by atoms with van der Waals surface area (Å²) in [6.45, 7) is 0.622. The van der Waals surface area contributed by atoms with Gasteiger partial charge in [-0.2, -0.15) is 0 Å². The Morgan fingerprint density at radius 2 is 1.80 bits per heavy atom. The molecule has 0 fully saturated rings. The van der Waals surface area contributed by atoms with Crippen LogP contribution in [0.4, 0.5) is 4.39 Å². The van der Waals surface area contributed by atoms with E-state index in [-0.39, 0.29) is 35.9 Å². The molecule has 0 aliphatic rings. The molecule has 0 unspecified atom stereocenters. The summed E-state index contributed by atoms with van der Waals surface area (Å²) < 4.78 is 13.9. The first-order valence-electron chi connectivity index (χ1n) is 7.93. The molecule has 0 saturated heterocycles. The Balaban J connectivity index is 2.12. The van der Waals surface area contributed by atoms with Gasteiger partial charge in [0.1, 0.15) is 5.82 Å². The third-order valence-corrected chi connectivity index (χ3v) is 4.13. The molecule has 0 spiro atoms. The van der Waals surface area contributed by atoms with Crippen LogP contribution in [-0.2, 0) is 22.6 Å². The molecule has 0 saturated carbocycles. The monoisotopic (exact) mass is 363 g/mol. The third-order valence-electron chi connectivity index (χ3n) is 3.78. The molecule has 0 heterocycles. The van der Waals surface area contributed by atoms with Crippen LogP contribution in [-0.4, -0.2) is 28.4 Å². The highest BCUT2D eigenvalue weighted by Crippen LogP contribution is 2.20. The quantitative estimate of drug-likeness (QED) is 0.773. The fourth-order valence-corrected chi connectivity index (χ4v) is 2.71. The maximum Gasteiger partial charge on any atom is 0.303 e. The van der Waals surface area contributed by atoms with Crippen LogP contribution in [0.5, 0.6) is 0 Å². The molecule has 2 aromatic rings. The average molecular weight is 364 g/mol. The summed E-state index contributed by atoms with van der Waals surface area (Å²) in [5.41, 5.74) is 1.08. The molecule has 2 aromatic carbocycles. The van der Waals surface area contributed by atoms with E-state index in [2.05, 4.69) is 0 Å². The molecule has 132 valence electrons. The van der Waals surface area contributed by atoms with E-state index in [4.69, 9.17) is 16.7 Å². The maximum atomic E-state index is 13.9. The van der Waals surface area contributed by atoms with Gasteiger partial charge in [0.15, 0.2) is 0 Å². The summed E-state index contributed by atoms with van der Waals surface area (Å²) in [5.74, 6) is -1.73. The van der Waals surface area contributed by atoms with E-state index in [9.17, 15) is 14.0 Å². The third kappa shape index (κ3) is 5.87. The summed E-state index contributed by atoms with van der Waals surface area (Å²) in [4.78, 5) is 24.9. The van der Waals surface area contributed by atoms with Crippen LogP contribution >= 0.6 is 11.6 Å². The summed E-state index contributed by atoms with van der Waals surface area (Å²) in [5, 5.41) is 9.00. The second-order valence-electron chi connectivity index (χ2n) is 5.68. The van der Waals surface area contributed by atoms with Crippen LogP contribution in [0.2, 0.25) is 5.02 Å². The Morgan fingerprint density at radius 3 is 2.44 bits per heavy atom. The minimum Gasteiger partial charge on any atom is -0.481 e. The predicted molar refractivity (Wildman–Crippen MR) is 93.8 cm³/mol. The fraction of sp³-hybridized carbons (Fsp3) is 0.263. The molecular weight excluding hydrogens is 345 g/mol. The highest BCUT2D eigenvalue weighted by molar-refractivity contribution is 6.31. The van der Waals surface area contributed by atoms with Gasteiger partial charge in [-0.3, -0.25) is 9.59 Å². The zero-order valence-corrected chi connectivity index (χ0v) is 14.4. The molecule has 25 heavy (non-hydrogen) atoms. The van der Waals surface area contributed by atoms with Crippen LogP contribution in [0.3, 0.4) is 0 Å². The van der Waals surface area contributed by atoms with Gasteiger partial charge in [-0.05, 0) is 24.1 Å². The Morgan fingerprint density at radius 1 is 1.08 bits per heavy atom. The largest absolute Gasteiger partial charge is 0.481 e. The summed E-state index contributed by atoms with van der Waals surface area (Å²) in [6, 6.07) is 13.7. The molecule has 2 rings (SSSR count). The van der Waals surface area contributed by atoms with E-state index < -0.39 is 11.8 Å². The van der Waals surface area contributed by atoms with Crippen molar-refractivity contribution < 1.29 is 19.1 Å². The van der Waals surface area contributed by atoms with Crippen molar-refractivity contribution in [3.63, 3.8) is 0 Å². The number of hydrogen-bond donors (Lipinski definition) is 1. The molecule has 4 nitrogen and oxygen atoms in total. The first-order valence-corrected chi connectivity index (χ1v) is 8.31. The predicted octanol–water partition coefficient (Wildman–Crippen LogP) is 3.92. The molecule has 0 radical (unpaired) electrons. The first kappa shape index (κ1) is 18.9. The van der Waals surface area contributed by atoms with Crippen molar-refractivity contribution in [2.75, 3.05) is 6.54 Å². The van der Waals surface area contributed by atoms with Crippen molar-refractivity contribution in [1.29, 1.82) is 0 Å². The van der Waals surface area contributed by atoms with E-state index in [1.165, 1.54) is 12.1 Å². The normalized spacial score (nSPS) is 10.5. The SMILES string of the molecule is O=C(O)CCCN(Cc1ccccc1)C(=O)Cc1c(F)cccc1Cl. The Hall–Kier alpha value is -2.40. The summed E-state index contributed by atoms with van der Waals surface area (Å²) in [7, 11) is 0. The smallest absolute Gasteiger partial charge is 0.303 e. The van der Waals surface area contributed by atoms with Crippen molar-refractivity contribution in [2.45, 2.75) is 25.8 Å². The zero-order valence-electron chi connectivity index (χ0n) is 13.6. The van der Waals surface area contributed by atoms with Crippen LogP contribution < -0.4 is 0 Å². The number of carboxylic acid groups (broad SMARTS) is 1. The molecule has 0 aliphatic heterocycles. The van der Waals surface area contributed by atoms with Crippen molar-refractivity contribution in [3.8, 4) is 0 Å². The number of rotatable bonds is 8. The Labute approximate surface area is 150 Å². The molecule has 0 aromatic heterocycles. The van der Waals surface area contributed by atoms with Gasteiger partial charge in [-0.25, -0.2) is 4.39 Å². The average Bonchev–Trinajstić information content (AvgIpc) is 2.58. The highest BCUT2D eigenvalue weighted by Gasteiger charge is 2.18. The second kappa shape index (κ2) is 9.18. The molecule has 1 N–H and O–H groups in total. The van der Waals surface area contributed by atoms with Crippen LogP contribution in [0.15, 0.2) is 48.5 Å². The van der Waals surface area contributed by atoms with Gasteiger partial charge in [0.25, 0.3) is 0 Å². The number of nitrogens with zero attached hydrogens (tertiary/aromatic N) is 1. The van der Waals surface area contributed by atoms with E-state index in [0.717, 1.165) is 5.56 Å². The van der Waals surface area contributed by atoms with E-state index in [1.54, 1.807) is 11.0 Å². The molecular formula is C19H19ClFNO3. The van der Waals surface area contributed by atoms with E-state index in [0.29, 0.717) is 13.0 Å². The fourth-order valence-electron chi connectivity index (χ4n) is 2.48. The molecule has 6 heteroatoms. The standard InChI is InChI=1S/C19H19ClFNO3/c20-16-8-4-9-17(21)15(16)12-18(23)22(11-5-10-19(24)25)13-14-6-2-1-3-7-14/h1-4,6-9H,5,10-13H2,(H,24,25). The minimum atomic E-state index is -0.913. The summed E-state index contributed by atoms with van der Waals surface area (Å²) >= 11 is 6.00. The number of halogens is 2. The molecule has 0 aliphatic carbocycles. The van der Waals surface area contributed by atoms with Crippen molar-refractivity contribution in [3.05, 3.63) is 70.5 Å². The van der Waals surface area contributed by atoms with Gasteiger partial charge in [0.2, 0.25) is 5.91 Å². The topological polar surface area (TPSA) is 57.6 Å². The number of carbonyl (C=O) groups excluding carboxylic acids is 1. The number of hydrogen-bond acceptors (Lipinski definition) is 2. The lowest BCUT2D eigenvalue weighted by atomic mass is 10.1. The second-order valence-corrected chi connectivity index (χ2v) is 6.08. The van der Waals surface area contributed by atoms with Gasteiger partial charge in [-0.15, -0.1) is 0 Å². The summed E-state index contributed by atoms with van der Waals surface area (Å²) in [6.07, 6.45) is 0.142. The number of aliphatic carboxylic acids is 1. The van der Waals surface area contributed by atoms with Gasteiger partial charge < -0.3 is 10.0 Å². The lowest BCUT2D eigenvalue weighted by Gasteiger charge is -2.23. The van der Waals surface area contributed by atoms with Gasteiger partial charge in [0, 0.05) is 30.1 Å². The Kier molecular flexibility index (Phi) is 6.95. The van der Waals surface area contributed by atoms with Crippen molar-refractivity contribution in [1.82, 2.24) is 4.90 Å². The van der Waals surface area contributed by atoms with Gasteiger partial charge in [0.05, 0.1) is 6.42 Å². The molecule has 1 amide bonds. The van der Waals surface area contributed by atoms with Crippen molar-refractivity contribution >= 4 is 23.5 Å². The Bertz CT molecular complexity index is 716. The molecule has 0 bridgehead atoms. The van der Waals surface area contributed by atoms with Crippen LogP contribution in [0, 0.1) is 5.82 Å². The van der Waals surface area contributed by atoms with E-state index in [1.807, 2.05) is 30.3 Å². The zero-order chi connectivity index (χ0) is 18.2. The number of carboxylic acids is 1. The first-order chi connectivity index (χ1) is 12.0. The highest BCUT2D eigenvalue weighted by atomic mass is 35.5. The van der Waals surface area contributed by atoms with Crippen molar-refractivity contribution in [2.24, 2.45) is 0 Å². The number of carbonyl (C=O) groups is 2. The van der Waals surface area contributed by atoms with Gasteiger partial charge >= 0.3 is 5.97 Å². The number of amides is 1. The maximum absolute atomic E-state index is 13.9. The van der Waals surface area contributed by atoms with E-state index >= 15 is 0 Å². The lowest BCUT2D eigenvalue weighted by Crippen LogP contribution is -2.33. The van der Waals surface area contributed by atoms with Crippen LogP contribution in [0.1, 0.15) is 24.0 Å². The minimum absolute atomic E-state index is 0.0287. The van der Waals surface area contributed by atoms with Crippen LogP contribution in [0.25, 0.3) is 0 Å². The lowest BCUT2D eigenvalue weighted by molar-refractivity contribution is -0.138. The number of benzene rings is 2.